The van der Waals surface area contributed by atoms with E-state index < -0.39 is 5.54 Å². The number of ether oxygens (including phenoxy) is 1. The highest BCUT2D eigenvalue weighted by atomic mass is 32.1. The number of nitrogens with zero attached hydrogens (tertiary/aromatic N) is 1. The number of rotatable bonds is 3. The second kappa shape index (κ2) is 5.35. The molecule has 1 aromatic rings. The van der Waals surface area contributed by atoms with E-state index in [1.165, 1.54) is 0 Å². The molecule has 0 amide bonds. The van der Waals surface area contributed by atoms with Crippen molar-refractivity contribution in [1.29, 1.82) is 0 Å². The second-order valence-electron chi connectivity index (χ2n) is 6.04. The van der Waals surface area contributed by atoms with Crippen LogP contribution in [0.3, 0.4) is 0 Å². The van der Waals surface area contributed by atoms with Crippen molar-refractivity contribution in [2.45, 2.75) is 52.4 Å². The Morgan fingerprint density at radius 1 is 1.37 bits per heavy atom. The Hall–Kier alpha value is -0.710. The van der Waals surface area contributed by atoms with Crippen molar-refractivity contribution in [1.82, 2.24) is 4.90 Å². The largest absolute Gasteiger partial charge is 0.373 e. The van der Waals surface area contributed by atoms with Crippen molar-refractivity contribution >= 4 is 17.1 Å². The van der Waals surface area contributed by atoms with Gasteiger partial charge in [-0.15, -0.1) is 11.3 Å². The van der Waals surface area contributed by atoms with E-state index in [9.17, 15) is 4.79 Å². The van der Waals surface area contributed by atoms with Gasteiger partial charge in [0, 0.05) is 13.1 Å². The van der Waals surface area contributed by atoms with Crippen LogP contribution in [0.4, 0.5) is 0 Å². The third kappa shape index (κ3) is 3.07. The summed E-state index contributed by atoms with van der Waals surface area (Å²) in [6.45, 7) is 11.8. The van der Waals surface area contributed by atoms with Crippen LogP contribution >= 0.6 is 11.3 Å². The van der Waals surface area contributed by atoms with Crippen LogP contribution in [0.1, 0.15) is 42.9 Å². The SMILES string of the molecule is Cc1csc(C(=O)C(C)(C)N2CC(C)OC(C)C2)c1. The Kier molecular flexibility index (Phi) is 4.14. The second-order valence-corrected chi connectivity index (χ2v) is 6.95. The number of Topliss-reactive ketones (excluding diaryl/α,β-unsaturated/α-hetero) is 1. The van der Waals surface area contributed by atoms with Crippen LogP contribution in [0.2, 0.25) is 0 Å². The summed E-state index contributed by atoms with van der Waals surface area (Å²) in [7, 11) is 0. The van der Waals surface area contributed by atoms with Gasteiger partial charge in [0.2, 0.25) is 0 Å². The molecular weight excluding hydrogens is 258 g/mol. The molecule has 0 saturated carbocycles. The molecule has 0 spiro atoms. The summed E-state index contributed by atoms with van der Waals surface area (Å²) in [5.41, 5.74) is 0.691. The predicted molar refractivity (Wildman–Crippen MR) is 79.0 cm³/mol. The third-order valence-electron chi connectivity index (χ3n) is 3.72. The maximum Gasteiger partial charge on any atom is 0.192 e. The van der Waals surface area contributed by atoms with Gasteiger partial charge >= 0.3 is 0 Å². The minimum atomic E-state index is -0.469. The number of thiophene rings is 1. The van der Waals surface area contributed by atoms with E-state index in [1.807, 2.05) is 32.2 Å². The van der Waals surface area contributed by atoms with Crippen LogP contribution in [-0.2, 0) is 4.74 Å². The van der Waals surface area contributed by atoms with Crippen LogP contribution < -0.4 is 0 Å². The maximum atomic E-state index is 12.7. The first-order valence-corrected chi connectivity index (χ1v) is 7.69. The molecular formula is C15H23NO2S. The van der Waals surface area contributed by atoms with Crippen molar-refractivity contribution in [3.63, 3.8) is 0 Å². The molecule has 1 aromatic heterocycles. The molecule has 2 atom stereocenters. The van der Waals surface area contributed by atoms with Crippen molar-refractivity contribution in [3.05, 3.63) is 21.9 Å². The van der Waals surface area contributed by atoms with E-state index in [0.29, 0.717) is 0 Å². The van der Waals surface area contributed by atoms with E-state index >= 15 is 0 Å². The van der Waals surface area contributed by atoms with Gasteiger partial charge < -0.3 is 4.74 Å². The zero-order valence-corrected chi connectivity index (χ0v) is 13.2. The molecule has 2 rings (SSSR count). The molecule has 0 aromatic carbocycles. The van der Waals surface area contributed by atoms with Crippen molar-refractivity contribution < 1.29 is 9.53 Å². The summed E-state index contributed by atoms with van der Waals surface area (Å²) in [4.78, 5) is 15.8. The van der Waals surface area contributed by atoms with Gasteiger partial charge in [-0.2, -0.15) is 0 Å². The Morgan fingerprint density at radius 2 is 1.95 bits per heavy atom. The van der Waals surface area contributed by atoms with Crippen LogP contribution in [0.25, 0.3) is 0 Å². The molecule has 1 aliphatic heterocycles. The average Bonchev–Trinajstić information content (AvgIpc) is 2.73. The third-order valence-corrected chi connectivity index (χ3v) is 4.77. The summed E-state index contributed by atoms with van der Waals surface area (Å²) in [6.07, 6.45) is 0.363. The van der Waals surface area contributed by atoms with Crippen molar-refractivity contribution in [2.75, 3.05) is 13.1 Å². The molecule has 1 aliphatic rings. The van der Waals surface area contributed by atoms with Gasteiger partial charge in [0.05, 0.1) is 22.6 Å². The molecule has 2 heterocycles. The fraction of sp³-hybridized carbons (Fsp3) is 0.667. The first-order valence-electron chi connectivity index (χ1n) is 6.81. The first kappa shape index (κ1) is 14.7. The number of ketones is 1. The van der Waals surface area contributed by atoms with Gasteiger partial charge in [0.1, 0.15) is 0 Å². The molecule has 0 bridgehead atoms. The normalized spacial score (nSPS) is 25.5. The Morgan fingerprint density at radius 3 is 2.42 bits per heavy atom. The monoisotopic (exact) mass is 281 g/mol. The van der Waals surface area contributed by atoms with Gasteiger partial charge in [-0.05, 0) is 51.6 Å². The van der Waals surface area contributed by atoms with Crippen LogP contribution in [0.15, 0.2) is 11.4 Å². The van der Waals surface area contributed by atoms with E-state index in [4.69, 9.17) is 4.74 Å². The summed E-state index contributed by atoms with van der Waals surface area (Å²) in [5.74, 6) is 0.215. The summed E-state index contributed by atoms with van der Waals surface area (Å²) in [5, 5.41) is 2.04. The number of hydrogen-bond acceptors (Lipinski definition) is 4. The van der Waals surface area contributed by atoms with Crippen molar-refractivity contribution in [2.24, 2.45) is 0 Å². The highest BCUT2D eigenvalue weighted by Crippen LogP contribution is 2.27. The van der Waals surface area contributed by atoms with Crippen LogP contribution in [0, 0.1) is 6.92 Å². The molecule has 106 valence electrons. The summed E-state index contributed by atoms with van der Waals surface area (Å²) >= 11 is 1.54. The lowest BCUT2D eigenvalue weighted by molar-refractivity contribution is -0.0886. The first-order chi connectivity index (χ1) is 8.80. The average molecular weight is 281 g/mol. The molecule has 3 nitrogen and oxygen atoms in total. The quantitative estimate of drug-likeness (QED) is 0.797. The lowest BCUT2D eigenvalue weighted by atomic mass is 9.93. The van der Waals surface area contributed by atoms with Crippen LogP contribution in [0.5, 0.6) is 0 Å². The Balaban J connectivity index is 2.19. The smallest absolute Gasteiger partial charge is 0.192 e. The molecule has 4 heteroatoms. The highest BCUT2D eigenvalue weighted by molar-refractivity contribution is 7.12. The Bertz CT molecular complexity index is 456. The molecule has 1 saturated heterocycles. The molecule has 19 heavy (non-hydrogen) atoms. The maximum absolute atomic E-state index is 12.7. The van der Waals surface area contributed by atoms with Crippen molar-refractivity contribution in [3.8, 4) is 0 Å². The topological polar surface area (TPSA) is 29.5 Å². The molecule has 1 fully saturated rings. The van der Waals surface area contributed by atoms with Gasteiger partial charge in [0.15, 0.2) is 5.78 Å². The number of carbonyl (C=O) groups excluding carboxylic acids is 1. The van der Waals surface area contributed by atoms with E-state index in [2.05, 4.69) is 18.7 Å². The van der Waals surface area contributed by atoms with Gasteiger partial charge in [-0.25, -0.2) is 0 Å². The number of carbonyl (C=O) groups is 1. The van der Waals surface area contributed by atoms with E-state index in [1.54, 1.807) is 11.3 Å². The lowest BCUT2D eigenvalue weighted by Crippen LogP contribution is -2.58. The van der Waals surface area contributed by atoms with Gasteiger partial charge in [-0.1, -0.05) is 0 Å². The standard InChI is InChI=1S/C15H23NO2S/c1-10-6-13(19-9-10)14(17)15(4,5)16-7-11(2)18-12(3)8-16/h6,9,11-12H,7-8H2,1-5H3. The Labute approximate surface area is 119 Å². The molecule has 2 unspecified atom stereocenters. The van der Waals surface area contributed by atoms with E-state index in [0.717, 1.165) is 23.5 Å². The van der Waals surface area contributed by atoms with Gasteiger partial charge in [-0.3, -0.25) is 9.69 Å². The zero-order valence-electron chi connectivity index (χ0n) is 12.4. The fourth-order valence-corrected chi connectivity index (χ4v) is 3.62. The number of hydrogen-bond donors (Lipinski definition) is 0. The summed E-state index contributed by atoms with van der Waals surface area (Å²) < 4.78 is 5.75. The van der Waals surface area contributed by atoms with Crippen LogP contribution in [-0.4, -0.2) is 41.5 Å². The molecule has 0 aliphatic carbocycles. The zero-order chi connectivity index (χ0) is 14.2. The minimum Gasteiger partial charge on any atom is -0.373 e. The molecule has 0 N–H and O–H groups in total. The minimum absolute atomic E-state index is 0.181. The van der Waals surface area contributed by atoms with Gasteiger partial charge in [0.25, 0.3) is 0 Å². The molecule has 0 radical (unpaired) electrons. The summed E-state index contributed by atoms with van der Waals surface area (Å²) in [6, 6.07) is 1.99. The fourth-order valence-electron chi connectivity index (χ4n) is 2.63. The highest BCUT2D eigenvalue weighted by Gasteiger charge is 2.39. The number of aryl methyl sites for hydroxylation is 1. The lowest BCUT2D eigenvalue weighted by Gasteiger charge is -2.43. The predicted octanol–water partition coefficient (Wildman–Crippen LogP) is 3.13. The van der Waals surface area contributed by atoms with E-state index in [-0.39, 0.29) is 18.0 Å². The number of morpholine rings is 1.